The van der Waals surface area contributed by atoms with Crippen molar-refractivity contribution in [1.29, 1.82) is 0 Å². The summed E-state index contributed by atoms with van der Waals surface area (Å²) in [6, 6.07) is 13.1. The molecule has 0 radical (unpaired) electrons. The maximum atomic E-state index is 11.9. The number of nitro groups is 1. The monoisotopic (exact) mass is 334 g/mol. The first kappa shape index (κ1) is 14.2. The zero-order valence-corrected chi connectivity index (χ0v) is 12.0. The Kier molecular flexibility index (Phi) is 4.47. The number of nitro benzene ring substituents is 1. The zero-order valence-electron chi connectivity index (χ0n) is 10.4. The smallest absolute Gasteiger partial charge is 0.269 e. The fraction of sp³-hybridized carbons (Fsp3) is 0.0714. The van der Waals surface area contributed by atoms with Crippen LogP contribution in [0.15, 0.2) is 53.0 Å². The number of amides is 1. The van der Waals surface area contributed by atoms with Crippen LogP contribution in [0.4, 0.5) is 5.69 Å². The normalized spacial score (nSPS) is 10.1. The van der Waals surface area contributed by atoms with Gasteiger partial charge in [0.15, 0.2) is 0 Å². The Morgan fingerprint density at radius 2 is 1.70 bits per heavy atom. The van der Waals surface area contributed by atoms with Crippen LogP contribution in [0.2, 0.25) is 0 Å². The van der Waals surface area contributed by atoms with Gasteiger partial charge < -0.3 is 5.32 Å². The van der Waals surface area contributed by atoms with Gasteiger partial charge in [-0.3, -0.25) is 14.9 Å². The van der Waals surface area contributed by atoms with E-state index in [0.717, 1.165) is 10.0 Å². The quantitative estimate of drug-likeness (QED) is 0.688. The number of halogens is 1. The molecule has 5 nitrogen and oxygen atoms in total. The van der Waals surface area contributed by atoms with E-state index in [2.05, 4.69) is 21.2 Å². The third kappa shape index (κ3) is 3.64. The van der Waals surface area contributed by atoms with Crippen molar-refractivity contribution in [2.45, 2.75) is 6.54 Å². The lowest BCUT2D eigenvalue weighted by Gasteiger charge is -2.05. The summed E-state index contributed by atoms with van der Waals surface area (Å²) in [4.78, 5) is 21.9. The van der Waals surface area contributed by atoms with Crippen molar-refractivity contribution < 1.29 is 9.72 Å². The number of benzene rings is 2. The predicted octanol–water partition coefficient (Wildman–Crippen LogP) is 3.29. The molecule has 0 heterocycles. The molecular formula is C14H11BrN2O3. The summed E-state index contributed by atoms with van der Waals surface area (Å²) in [7, 11) is 0. The van der Waals surface area contributed by atoms with Crippen molar-refractivity contribution >= 4 is 27.5 Å². The van der Waals surface area contributed by atoms with Gasteiger partial charge >= 0.3 is 0 Å². The third-order valence-corrected chi connectivity index (χ3v) is 3.24. The second-order valence-corrected chi connectivity index (χ2v) is 5.03. The van der Waals surface area contributed by atoms with Gasteiger partial charge in [0.2, 0.25) is 0 Å². The largest absolute Gasteiger partial charge is 0.348 e. The van der Waals surface area contributed by atoms with E-state index < -0.39 is 4.92 Å². The van der Waals surface area contributed by atoms with E-state index in [4.69, 9.17) is 0 Å². The Bertz CT molecular complexity index is 624. The molecule has 0 aliphatic rings. The minimum Gasteiger partial charge on any atom is -0.348 e. The topological polar surface area (TPSA) is 72.2 Å². The lowest BCUT2D eigenvalue weighted by atomic mass is 10.2. The highest BCUT2D eigenvalue weighted by Gasteiger charge is 2.06. The zero-order chi connectivity index (χ0) is 14.5. The van der Waals surface area contributed by atoms with Crippen LogP contribution in [0.1, 0.15) is 15.9 Å². The van der Waals surface area contributed by atoms with E-state index in [1.165, 1.54) is 12.1 Å². The molecule has 2 aromatic carbocycles. The SMILES string of the molecule is O=C(NCc1ccc([N+](=O)[O-])cc1)c1ccc(Br)cc1. The van der Waals surface area contributed by atoms with E-state index in [9.17, 15) is 14.9 Å². The maximum Gasteiger partial charge on any atom is 0.269 e. The number of non-ortho nitro benzene ring substituents is 1. The van der Waals surface area contributed by atoms with Crippen LogP contribution < -0.4 is 5.32 Å². The van der Waals surface area contributed by atoms with Crippen molar-refractivity contribution in [2.75, 3.05) is 0 Å². The molecule has 2 rings (SSSR count). The fourth-order valence-corrected chi connectivity index (χ4v) is 1.89. The fourth-order valence-electron chi connectivity index (χ4n) is 1.62. The Morgan fingerprint density at radius 1 is 1.10 bits per heavy atom. The Balaban J connectivity index is 1.96. The van der Waals surface area contributed by atoms with Gasteiger partial charge in [-0.1, -0.05) is 28.1 Å². The lowest BCUT2D eigenvalue weighted by Crippen LogP contribution is -2.22. The Morgan fingerprint density at radius 3 is 2.25 bits per heavy atom. The summed E-state index contributed by atoms with van der Waals surface area (Å²) in [5, 5.41) is 13.3. The Hall–Kier alpha value is -2.21. The number of nitrogens with one attached hydrogen (secondary N) is 1. The van der Waals surface area contributed by atoms with Crippen LogP contribution in [-0.4, -0.2) is 10.8 Å². The third-order valence-electron chi connectivity index (χ3n) is 2.71. The van der Waals surface area contributed by atoms with Crippen LogP contribution >= 0.6 is 15.9 Å². The molecule has 0 unspecified atom stereocenters. The minimum atomic E-state index is -0.454. The lowest BCUT2D eigenvalue weighted by molar-refractivity contribution is -0.384. The summed E-state index contributed by atoms with van der Waals surface area (Å²) < 4.78 is 0.907. The average Bonchev–Trinajstić information content (AvgIpc) is 2.46. The van der Waals surface area contributed by atoms with Crippen LogP contribution in [0.25, 0.3) is 0 Å². The first-order chi connectivity index (χ1) is 9.56. The number of carbonyl (C=O) groups is 1. The van der Waals surface area contributed by atoms with Crippen molar-refractivity contribution in [2.24, 2.45) is 0 Å². The summed E-state index contributed by atoms with van der Waals surface area (Å²) in [5.74, 6) is -0.184. The summed E-state index contributed by atoms with van der Waals surface area (Å²) >= 11 is 3.30. The molecule has 0 saturated carbocycles. The molecule has 0 bridgehead atoms. The van der Waals surface area contributed by atoms with Gasteiger partial charge in [-0.15, -0.1) is 0 Å². The number of rotatable bonds is 4. The first-order valence-electron chi connectivity index (χ1n) is 5.83. The number of nitrogens with zero attached hydrogens (tertiary/aromatic N) is 1. The van der Waals surface area contributed by atoms with Gasteiger partial charge in [-0.2, -0.15) is 0 Å². The van der Waals surface area contributed by atoms with Crippen molar-refractivity contribution in [3.05, 3.63) is 74.2 Å². The highest BCUT2D eigenvalue weighted by Crippen LogP contribution is 2.13. The molecule has 0 spiro atoms. The molecule has 0 saturated heterocycles. The van der Waals surface area contributed by atoms with E-state index >= 15 is 0 Å². The summed E-state index contributed by atoms with van der Waals surface area (Å²) in [5.41, 5.74) is 1.41. The van der Waals surface area contributed by atoms with Gasteiger partial charge in [0.05, 0.1) is 4.92 Å². The standard InChI is InChI=1S/C14H11BrN2O3/c15-12-5-3-11(4-6-12)14(18)16-9-10-1-7-13(8-2-10)17(19)20/h1-8H,9H2,(H,16,18). The second kappa shape index (κ2) is 6.29. The average molecular weight is 335 g/mol. The van der Waals surface area contributed by atoms with Gasteiger partial charge in [-0.25, -0.2) is 0 Å². The van der Waals surface area contributed by atoms with Crippen LogP contribution in [-0.2, 0) is 6.54 Å². The predicted molar refractivity (Wildman–Crippen MR) is 78.4 cm³/mol. The second-order valence-electron chi connectivity index (χ2n) is 4.11. The van der Waals surface area contributed by atoms with Crippen LogP contribution in [0.5, 0.6) is 0 Å². The highest BCUT2D eigenvalue weighted by atomic mass is 79.9. The van der Waals surface area contributed by atoms with E-state index in [1.807, 2.05) is 0 Å². The number of carbonyl (C=O) groups excluding carboxylic acids is 1. The van der Waals surface area contributed by atoms with Crippen LogP contribution in [0.3, 0.4) is 0 Å². The van der Waals surface area contributed by atoms with E-state index in [1.54, 1.807) is 36.4 Å². The van der Waals surface area contributed by atoms with Gasteiger partial charge in [-0.05, 0) is 29.8 Å². The van der Waals surface area contributed by atoms with Gasteiger partial charge in [0.1, 0.15) is 0 Å². The summed E-state index contributed by atoms with van der Waals surface area (Å²) in [6.07, 6.45) is 0. The molecule has 102 valence electrons. The molecule has 2 aromatic rings. The molecular weight excluding hydrogens is 324 g/mol. The van der Waals surface area contributed by atoms with Crippen molar-refractivity contribution in [3.8, 4) is 0 Å². The maximum absolute atomic E-state index is 11.9. The molecule has 1 amide bonds. The number of hydrogen-bond acceptors (Lipinski definition) is 3. The molecule has 0 fully saturated rings. The van der Waals surface area contributed by atoms with E-state index in [-0.39, 0.29) is 11.6 Å². The molecule has 0 aliphatic carbocycles. The first-order valence-corrected chi connectivity index (χ1v) is 6.62. The van der Waals surface area contributed by atoms with E-state index in [0.29, 0.717) is 12.1 Å². The molecule has 0 aromatic heterocycles. The highest BCUT2D eigenvalue weighted by molar-refractivity contribution is 9.10. The molecule has 0 atom stereocenters. The van der Waals surface area contributed by atoms with Gasteiger partial charge in [0.25, 0.3) is 11.6 Å². The molecule has 1 N–H and O–H groups in total. The Labute approximate surface area is 123 Å². The van der Waals surface area contributed by atoms with Gasteiger partial charge in [0, 0.05) is 28.7 Å². The van der Waals surface area contributed by atoms with Crippen molar-refractivity contribution in [1.82, 2.24) is 5.32 Å². The molecule has 6 heteroatoms. The minimum absolute atomic E-state index is 0.0352. The molecule has 20 heavy (non-hydrogen) atoms. The van der Waals surface area contributed by atoms with Crippen molar-refractivity contribution in [3.63, 3.8) is 0 Å². The molecule has 0 aliphatic heterocycles. The number of hydrogen-bond donors (Lipinski definition) is 1. The van der Waals surface area contributed by atoms with Crippen LogP contribution in [0, 0.1) is 10.1 Å². The summed E-state index contributed by atoms with van der Waals surface area (Å²) in [6.45, 7) is 0.326.